The molecular formula is C21H28N4O5. The summed E-state index contributed by atoms with van der Waals surface area (Å²) in [6.45, 7) is 6.71. The van der Waals surface area contributed by atoms with Gasteiger partial charge in [0.25, 0.3) is 5.56 Å². The number of H-pyrrole nitrogens is 2. The molecule has 9 heteroatoms. The second kappa shape index (κ2) is 11.6. The molecule has 0 radical (unpaired) electrons. The van der Waals surface area contributed by atoms with E-state index in [-0.39, 0.29) is 12.0 Å². The van der Waals surface area contributed by atoms with E-state index in [0.29, 0.717) is 30.4 Å². The van der Waals surface area contributed by atoms with Crippen LogP contribution in [0.25, 0.3) is 0 Å². The first-order chi connectivity index (χ1) is 14.4. The Kier molecular flexibility index (Phi) is 8.86. The van der Waals surface area contributed by atoms with E-state index in [1.807, 2.05) is 19.1 Å². The number of carbonyl (C=O) groups is 1. The van der Waals surface area contributed by atoms with Crippen molar-refractivity contribution in [1.82, 2.24) is 15.4 Å². The normalized spacial score (nSPS) is 10.9. The van der Waals surface area contributed by atoms with Crippen LogP contribution >= 0.6 is 0 Å². The molecule has 1 heterocycles. The molecule has 9 nitrogen and oxygen atoms in total. The quantitative estimate of drug-likeness (QED) is 0.294. The highest BCUT2D eigenvalue weighted by molar-refractivity contribution is 5.84. The summed E-state index contributed by atoms with van der Waals surface area (Å²) in [4.78, 5) is 39.7. The Balaban J connectivity index is 1.99. The van der Waals surface area contributed by atoms with Gasteiger partial charge in [-0.25, -0.2) is 10.2 Å². The fraction of sp³-hybridized carbons (Fsp3) is 0.429. The van der Waals surface area contributed by atoms with Crippen molar-refractivity contribution in [2.45, 2.75) is 46.5 Å². The van der Waals surface area contributed by atoms with Crippen molar-refractivity contribution in [3.05, 3.63) is 55.9 Å². The van der Waals surface area contributed by atoms with Crippen molar-refractivity contribution in [1.29, 1.82) is 0 Å². The van der Waals surface area contributed by atoms with Gasteiger partial charge in [-0.3, -0.25) is 14.6 Å². The minimum absolute atomic E-state index is 0.186. The van der Waals surface area contributed by atoms with Crippen LogP contribution in [0.15, 0.2) is 32.9 Å². The first-order valence-electron chi connectivity index (χ1n) is 9.98. The van der Waals surface area contributed by atoms with Crippen LogP contribution in [0.1, 0.15) is 49.9 Å². The molecule has 0 atom stereocenters. The highest BCUT2D eigenvalue weighted by Crippen LogP contribution is 2.28. The molecule has 0 bridgehead atoms. The second-order valence-corrected chi connectivity index (χ2v) is 6.68. The number of hydrazone groups is 1. The van der Waals surface area contributed by atoms with E-state index in [1.165, 1.54) is 6.21 Å². The van der Waals surface area contributed by atoms with Crippen LogP contribution in [0, 0.1) is 6.92 Å². The van der Waals surface area contributed by atoms with Gasteiger partial charge in [0, 0.05) is 11.3 Å². The van der Waals surface area contributed by atoms with Gasteiger partial charge < -0.3 is 14.5 Å². The fourth-order valence-electron chi connectivity index (χ4n) is 2.74. The predicted octanol–water partition coefficient (Wildman–Crippen LogP) is 2.03. The Morgan fingerprint density at radius 3 is 2.63 bits per heavy atom. The van der Waals surface area contributed by atoms with E-state index < -0.39 is 17.2 Å². The Morgan fingerprint density at radius 1 is 1.13 bits per heavy atom. The van der Waals surface area contributed by atoms with E-state index in [2.05, 4.69) is 27.4 Å². The number of benzene rings is 1. The topological polar surface area (TPSA) is 126 Å². The number of rotatable bonds is 11. The zero-order chi connectivity index (χ0) is 21.9. The molecule has 2 rings (SSSR count). The van der Waals surface area contributed by atoms with Gasteiger partial charge in [0.2, 0.25) is 5.91 Å². The number of aromatic nitrogens is 2. The van der Waals surface area contributed by atoms with Crippen molar-refractivity contribution in [2.24, 2.45) is 5.10 Å². The second-order valence-electron chi connectivity index (χ2n) is 6.68. The molecule has 30 heavy (non-hydrogen) atoms. The molecular weight excluding hydrogens is 388 g/mol. The lowest BCUT2D eigenvalue weighted by atomic mass is 10.1. The molecule has 0 aliphatic rings. The summed E-state index contributed by atoms with van der Waals surface area (Å²) in [6.07, 6.45) is 4.49. The number of hydrogen-bond acceptors (Lipinski definition) is 6. The maximum atomic E-state index is 12.1. The molecule has 1 amide bonds. The zero-order valence-corrected chi connectivity index (χ0v) is 17.5. The maximum Gasteiger partial charge on any atom is 0.325 e. The van der Waals surface area contributed by atoms with Crippen LogP contribution in [0.5, 0.6) is 11.5 Å². The van der Waals surface area contributed by atoms with Gasteiger partial charge in [-0.15, -0.1) is 0 Å². The summed E-state index contributed by atoms with van der Waals surface area (Å²) in [7, 11) is 0. The molecule has 1 aromatic carbocycles. The molecule has 162 valence electrons. The van der Waals surface area contributed by atoms with Crippen molar-refractivity contribution >= 4 is 12.1 Å². The van der Waals surface area contributed by atoms with E-state index in [9.17, 15) is 14.4 Å². The average molecular weight is 416 g/mol. The largest absolute Gasteiger partial charge is 0.490 e. The summed E-state index contributed by atoms with van der Waals surface area (Å²) >= 11 is 0. The molecule has 1 aromatic heterocycles. The zero-order valence-electron chi connectivity index (χ0n) is 17.5. The van der Waals surface area contributed by atoms with Crippen LogP contribution in [0.3, 0.4) is 0 Å². The Bertz CT molecular complexity index is 994. The molecule has 2 aromatic rings. The lowest BCUT2D eigenvalue weighted by Crippen LogP contribution is -2.30. The molecule has 0 saturated heterocycles. The number of aromatic amines is 2. The third-order valence-electron chi connectivity index (χ3n) is 4.27. The highest BCUT2D eigenvalue weighted by atomic mass is 16.5. The van der Waals surface area contributed by atoms with Gasteiger partial charge in [0.15, 0.2) is 11.5 Å². The van der Waals surface area contributed by atoms with Crippen LogP contribution < -0.4 is 26.1 Å². The van der Waals surface area contributed by atoms with E-state index in [4.69, 9.17) is 9.47 Å². The maximum absolute atomic E-state index is 12.1. The number of nitrogens with one attached hydrogen (secondary N) is 3. The lowest BCUT2D eigenvalue weighted by molar-refractivity contribution is -0.120. The van der Waals surface area contributed by atoms with Gasteiger partial charge in [-0.1, -0.05) is 19.8 Å². The molecule has 0 aliphatic heterocycles. The van der Waals surface area contributed by atoms with Gasteiger partial charge in [-0.05, 0) is 44.0 Å². The monoisotopic (exact) mass is 416 g/mol. The lowest BCUT2D eigenvalue weighted by Gasteiger charge is -2.12. The summed E-state index contributed by atoms with van der Waals surface area (Å²) in [6, 6.07) is 5.40. The third-order valence-corrected chi connectivity index (χ3v) is 4.27. The number of hydrogen-bond donors (Lipinski definition) is 3. The number of nitrogens with zero attached hydrogens (tertiary/aromatic N) is 1. The van der Waals surface area contributed by atoms with Crippen molar-refractivity contribution in [3.8, 4) is 11.5 Å². The molecule has 0 saturated carbocycles. The molecule has 3 N–H and O–H groups in total. The fourth-order valence-corrected chi connectivity index (χ4v) is 2.74. The standard InChI is InChI=1S/C21H28N4O5/c1-4-6-7-10-30-17-9-8-15(11-18(17)29-5-2)13-22-25-19(26)12-16-14(3)23-21(28)24-20(16)27/h8-9,11,13H,4-7,10,12H2,1-3H3,(H,25,26)(H2,23,24,27,28)/b22-13-. The van der Waals surface area contributed by atoms with Gasteiger partial charge >= 0.3 is 5.69 Å². The van der Waals surface area contributed by atoms with Gasteiger partial charge in [0.05, 0.1) is 25.8 Å². The number of ether oxygens (including phenoxy) is 2. The van der Waals surface area contributed by atoms with E-state index in [1.54, 1.807) is 13.0 Å². The summed E-state index contributed by atoms with van der Waals surface area (Å²) in [5.41, 5.74) is 2.43. The average Bonchev–Trinajstić information content (AvgIpc) is 2.69. The van der Waals surface area contributed by atoms with Crippen LogP contribution in [0.4, 0.5) is 0 Å². The van der Waals surface area contributed by atoms with Crippen LogP contribution in [0.2, 0.25) is 0 Å². The van der Waals surface area contributed by atoms with Crippen LogP contribution in [-0.4, -0.2) is 35.3 Å². The number of amides is 1. The van der Waals surface area contributed by atoms with Crippen LogP contribution in [-0.2, 0) is 11.2 Å². The van der Waals surface area contributed by atoms with Gasteiger partial charge in [-0.2, -0.15) is 5.10 Å². The van der Waals surface area contributed by atoms with Crippen molar-refractivity contribution in [3.63, 3.8) is 0 Å². The number of aryl methyl sites for hydroxylation is 1. The molecule has 0 unspecified atom stereocenters. The SMILES string of the molecule is CCCCCOc1ccc(/C=N\NC(=O)Cc2c(C)[nH]c(=O)[nH]c2=O)cc1OCC. The van der Waals surface area contributed by atoms with E-state index in [0.717, 1.165) is 24.8 Å². The third kappa shape index (κ3) is 6.91. The molecule has 0 spiro atoms. The number of carbonyl (C=O) groups excluding carboxylic acids is 1. The first-order valence-corrected chi connectivity index (χ1v) is 9.98. The minimum atomic E-state index is -0.609. The summed E-state index contributed by atoms with van der Waals surface area (Å²) in [5.74, 6) is 0.800. The minimum Gasteiger partial charge on any atom is -0.490 e. The summed E-state index contributed by atoms with van der Waals surface area (Å²) < 4.78 is 11.4. The highest BCUT2D eigenvalue weighted by Gasteiger charge is 2.11. The van der Waals surface area contributed by atoms with E-state index >= 15 is 0 Å². The van der Waals surface area contributed by atoms with Crippen molar-refractivity contribution < 1.29 is 14.3 Å². The Labute approximate surface area is 174 Å². The Morgan fingerprint density at radius 2 is 1.93 bits per heavy atom. The van der Waals surface area contributed by atoms with Gasteiger partial charge in [0.1, 0.15) is 0 Å². The predicted molar refractivity (Wildman–Crippen MR) is 114 cm³/mol. The Hall–Kier alpha value is -3.36. The summed E-state index contributed by atoms with van der Waals surface area (Å²) in [5, 5.41) is 3.93. The number of unbranched alkanes of at least 4 members (excludes halogenated alkanes) is 2. The van der Waals surface area contributed by atoms with Crippen molar-refractivity contribution in [2.75, 3.05) is 13.2 Å². The smallest absolute Gasteiger partial charge is 0.325 e. The first kappa shape index (κ1) is 22.9. The molecule has 0 fully saturated rings. The molecule has 0 aliphatic carbocycles.